The summed E-state index contributed by atoms with van der Waals surface area (Å²) >= 11 is 2.96. The van der Waals surface area contributed by atoms with Crippen LogP contribution in [0.1, 0.15) is 24.1 Å². The molecule has 3 aromatic rings. The topological polar surface area (TPSA) is 54.9 Å². The Kier molecular flexibility index (Phi) is 6.90. The first-order chi connectivity index (χ1) is 13.1. The lowest BCUT2D eigenvalue weighted by Gasteiger charge is -2.14. The van der Waals surface area contributed by atoms with Gasteiger partial charge in [0.15, 0.2) is 0 Å². The van der Waals surface area contributed by atoms with Crippen molar-refractivity contribution in [3.63, 3.8) is 0 Å². The van der Waals surface area contributed by atoms with Crippen molar-refractivity contribution in [2.24, 2.45) is 0 Å². The Morgan fingerprint density at radius 1 is 1.00 bits per heavy atom. The first kappa shape index (κ1) is 19.5. The van der Waals surface area contributed by atoms with Crippen molar-refractivity contribution in [3.8, 4) is 0 Å². The summed E-state index contributed by atoms with van der Waals surface area (Å²) in [5.41, 5.74) is 2.30. The standard InChI is InChI=1S/C21H21N3OS2/c1-15-8-10-17(11-9-15)16(2)24-19(25)14-26-20-21(23-13-12-22-20)27-18-6-4-3-5-7-18/h3-13,16H,14H2,1-2H3,(H,24,25)/t16-/m0/s1. The highest BCUT2D eigenvalue weighted by Crippen LogP contribution is 2.32. The molecule has 138 valence electrons. The summed E-state index contributed by atoms with van der Waals surface area (Å²) in [7, 11) is 0. The van der Waals surface area contributed by atoms with Crippen molar-refractivity contribution >= 4 is 29.4 Å². The molecule has 0 unspecified atom stereocenters. The van der Waals surface area contributed by atoms with Crippen molar-refractivity contribution in [1.82, 2.24) is 15.3 Å². The number of rotatable bonds is 7. The minimum Gasteiger partial charge on any atom is -0.349 e. The van der Waals surface area contributed by atoms with Crippen LogP contribution >= 0.6 is 23.5 Å². The average Bonchev–Trinajstić information content (AvgIpc) is 2.68. The molecule has 27 heavy (non-hydrogen) atoms. The highest BCUT2D eigenvalue weighted by atomic mass is 32.2. The fourth-order valence-corrected chi connectivity index (χ4v) is 4.17. The van der Waals surface area contributed by atoms with Gasteiger partial charge in [-0.05, 0) is 31.5 Å². The second-order valence-corrected chi connectivity index (χ2v) is 8.10. The molecule has 0 bridgehead atoms. The van der Waals surface area contributed by atoms with Gasteiger partial charge < -0.3 is 5.32 Å². The second kappa shape index (κ2) is 9.58. The molecule has 3 rings (SSSR count). The number of aromatic nitrogens is 2. The minimum absolute atomic E-state index is 0.0191. The summed E-state index contributed by atoms with van der Waals surface area (Å²) in [6.45, 7) is 4.04. The first-order valence-electron chi connectivity index (χ1n) is 8.64. The van der Waals surface area contributed by atoms with Crippen LogP contribution in [0.15, 0.2) is 81.9 Å². The van der Waals surface area contributed by atoms with Gasteiger partial charge >= 0.3 is 0 Å². The van der Waals surface area contributed by atoms with Crippen LogP contribution in [-0.2, 0) is 4.79 Å². The van der Waals surface area contributed by atoms with Gasteiger partial charge in [-0.2, -0.15) is 0 Å². The molecule has 0 spiro atoms. The van der Waals surface area contributed by atoms with Crippen molar-refractivity contribution in [2.75, 3.05) is 5.75 Å². The van der Waals surface area contributed by atoms with E-state index in [0.717, 1.165) is 20.5 Å². The van der Waals surface area contributed by atoms with E-state index in [2.05, 4.69) is 34.3 Å². The number of carbonyl (C=O) groups excluding carboxylic acids is 1. The summed E-state index contributed by atoms with van der Waals surface area (Å²) in [6.07, 6.45) is 3.33. The Labute approximate surface area is 168 Å². The summed E-state index contributed by atoms with van der Waals surface area (Å²) in [5, 5.41) is 4.62. The van der Waals surface area contributed by atoms with Crippen LogP contribution in [0.25, 0.3) is 0 Å². The Morgan fingerprint density at radius 2 is 1.67 bits per heavy atom. The van der Waals surface area contributed by atoms with Gasteiger partial charge in [0.25, 0.3) is 0 Å². The molecule has 1 N–H and O–H groups in total. The van der Waals surface area contributed by atoms with E-state index in [0.29, 0.717) is 5.75 Å². The van der Waals surface area contributed by atoms with Crippen molar-refractivity contribution in [1.29, 1.82) is 0 Å². The normalized spacial score (nSPS) is 11.8. The van der Waals surface area contributed by atoms with Crippen LogP contribution in [0.5, 0.6) is 0 Å². The molecular weight excluding hydrogens is 374 g/mol. The van der Waals surface area contributed by atoms with E-state index in [1.165, 1.54) is 17.3 Å². The van der Waals surface area contributed by atoms with E-state index in [4.69, 9.17) is 0 Å². The largest absolute Gasteiger partial charge is 0.349 e. The summed E-state index contributed by atoms with van der Waals surface area (Å²) in [4.78, 5) is 22.3. The fraction of sp³-hybridized carbons (Fsp3) is 0.190. The maximum atomic E-state index is 12.3. The molecule has 0 saturated heterocycles. The quantitative estimate of drug-likeness (QED) is 0.576. The molecule has 1 amide bonds. The molecule has 6 heteroatoms. The van der Waals surface area contributed by atoms with Gasteiger partial charge in [0, 0.05) is 17.3 Å². The van der Waals surface area contributed by atoms with Gasteiger partial charge in [-0.1, -0.05) is 71.6 Å². The van der Waals surface area contributed by atoms with Gasteiger partial charge in [-0.15, -0.1) is 0 Å². The molecule has 1 atom stereocenters. The number of nitrogens with zero attached hydrogens (tertiary/aromatic N) is 2. The minimum atomic E-state index is -0.0290. The Hall–Kier alpha value is -2.31. The molecule has 0 aliphatic heterocycles. The number of nitrogens with one attached hydrogen (secondary N) is 1. The fourth-order valence-electron chi connectivity index (χ4n) is 2.44. The maximum absolute atomic E-state index is 12.3. The molecule has 1 heterocycles. The first-order valence-corrected chi connectivity index (χ1v) is 10.4. The van der Waals surface area contributed by atoms with Crippen molar-refractivity contribution < 1.29 is 4.79 Å². The zero-order valence-electron chi connectivity index (χ0n) is 15.3. The molecule has 0 aliphatic carbocycles. The molecular formula is C21H21N3OS2. The lowest BCUT2D eigenvalue weighted by atomic mass is 10.1. The predicted octanol–water partition coefficient (Wildman–Crippen LogP) is 4.91. The van der Waals surface area contributed by atoms with E-state index < -0.39 is 0 Å². The van der Waals surface area contributed by atoms with Gasteiger partial charge in [-0.25, -0.2) is 9.97 Å². The van der Waals surface area contributed by atoms with Crippen molar-refractivity contribution in [3.05, 3.63) is 78.1 Å². The number of hydrogen-bond donors (Lipinski definition) is 1. The second-order valence-electron chi connectivity index (χ2n) is 6.07. The Bertz CT molecular complexity index is 885. The smallest absolute Gasteiger partial charge is 0.230 e. The van der Waals surface area contributed by atoms with E-state index >= 15 is 0 Å². The SMILES string of the molecule is Cc1ccc([C@H](C)NC(=O)CSc2nccnc2Sc2ccccc2)cc1. The molecule has 0 aliphatic rings. The molecule has 0 radical (unpaired) electrons. The number of hydrogen-bond acceptors (Lipinski definition) is 5. The number of aryl methyl sites for hydroxylation is 1. The molecule has 0 saturated carbocycles. The summed E-state index contributed by atoms with van der Waals surface area (Å²) in [5.74, 6) is 0.284. The van der Waals surface area contributed by atoms with E-state index in [1.54, 1.807) is 24.2 Å². The third-order valence-electron chi connectivity index (χ3n) is 3.89. The number of carbonyl (C=O) groups is 1. The molecule has 0 fully saturated rings. The Morgan fingerprint density at radius 3 is 2.37 bits per heavy atom. The lowest BCUT2D eigenvalue weighted by molar-refractivity contribution is -0.119. The van der Waals surface area contributed by atoms with Gasteiger partial charge in [0.2, 0.25) is 5.91 Å². The van der Waals surface area contributed by atoms with Crippen LogP contribution in [0, 0.1) is 6.92 Å². The van der Waals surface area contributed by atoms with Crippen LogP contribution in [0.3, 0.4) is 0 Å². The van der Waals surface area contributed by atoms with Gasteiger partial charge in [0.1, 0.15) is 10.1 Å². The van der Waals surface area contributed by atoms with E-state index in [1.807, 2.05) is 49.4 Å². The van der Waals surface area contributed by atoms with E-state index in [-0.39, 0.29) is 11.9 Å². The molecule has 4 nitrogen and oxygen atoms in total. The summed E-state index contributed by atoms with van der Waals surface area (Å²) in [6, 6.07) is 18.2. The average molecular weight is 396 g/mol. The Balaban J connectivity index is 1.58. The maximum Gasteiger partial charge on any atom is 0.230 e. The number of benzene rings is 2. The number of amides is 1. The third-order valence-corrected chi connectivity index (χ3v) is 5.99. The van der Waals surface area contributed by atoms with Gasteiger partial charge in [0.05, 0.1) is 11.8 Å². The molecule has 2 aromatic carbocycles. The van der Waals surface area contributed by atoms with Crippen molar-refractivity contribution in [2.45, 2.75) is 34.8 Å². The monoisotopic (exact) mass is 395 g/mol. The summed E-state index contributed by atoms with van der Waals surface area (Å²) < 4.78 is 0. The molecule has 1 aromatic heterocycles. The van der Waals surface area contributed by atoms with Gasteiger partial charge in [-0.3, -0.25) is 4.79 Å². The lowest BCUT2D eigenvalue weighted by Crippen LogP contribution is -2.28. The predicted molar refractivity (Wildman–Crippen MR) is 111 cm³/mol. The highest BCUT2D eigenvalue weighted by molar-refractivity contribution is 8.02. The highest BCUT2D eigenvalue weighted by Gasteiger charge is 2.13. The van der Waals surface area contributed by atoms with Crippen LogP contribution in [0.4, 0.5) is 0 Å². The zero-order valence-corrected chi connectivity index (χ0v) is 16.9. The third kappa shape index (κ3) is 5.84. The van der Waals surface area contributed by atoms with Crippen LogP contribution < -0.4 is 5.32 Å². The van der Waals surface area contributed by atoms with Crippen LogP contribution in [-0.4, -0.2) is 21.6 Å². The van der Waals surface area contributed by atoms with E-state index in [9.17, 15) is 4.79 Å². The zero-order chi connectivity index (χ0) is 19.1. The number of thioether (sulfide) groups is 1. The van der Waals surface area contributed by atoms with Crippen LogP contribution in [0.2, 0.25) is 0 Å².